The lowest BCUT2D eigenvalue weighted by Gasteiger charge is -2.08. The van der Waals surface area contributed by atoms with Gasteiger partial charge in [-0.1, -0.05) is 48.4 Å². The molecule has 2 radical (unpaired) electrons. The summed E-state index contributed by atoms with van der Waals surface area (Å²) in [6.07, 6.45) is 3.43. The molecule has 0 aliphatic carbocycles. The second-order valence-corrected chi connectivity index (χ2v) is 4.09. The third kappa shape index (κ3) is 6.43. The van der Waals surface area contributed by atoms with Crippen LogP contribution in [0.2, 0.25) is 5.82 Å². The first kappa shape index (κ1) is 9.54. The summed E-state index contributed by atoms with van der Waals surface area (Å²) in [5.74, 6) is 0.407. The summed E-state index contributed by atoms with van der Waals surface area (Å²) < 4.78 is 0. The standard InChI is InChI=1S/C7H14BBr/c1-3-7(8)5-4-6(2)9/h6-7H,3-5H2,1-2H3. The van der Waals surface area contributed by atoms with Crippen LogP contribution in [0.5, 0.6) is 0 Å². The van der Waals surface area contributed by atoms with Gasteiger partial charge in [-0.2, -0.15) is 0 Å². The molecule has 0 nitrogen and oxygen atoms in total. The fraction of sp³-hybridized carbons (Fsp3) is 1.00. The third-order valence-electron chi connectivity index (χ3n) is 1.46. The Hall–Kier alpha value is 0.545. The predicted molar refractivity (Wildman–Crippen MR) is 47.4 cm³/mol. The lowest BCUT2D eigenvalue weighted by molar-refractivity contribution is 0.667. The third-order valence-corrected chi connectivity index (χ3v) is 1.92. The highest BCUT2D eigenvalue weighted by Crippen LogP contribution is 2.17. The number of rotatable bonds is 4. The minimum Gasteiger partial charge on any atom is -0.0894 e. The van der Waals surface area contributed by atoms with Gasteiger partial charge in [0.05, 0.1) is 7.85 Å². The van der Waals surface area contributed by atoms with Gasteiger partial charge < -0.3 is 0 Å². The van der Waals surface area contributed by atoms with E-state index < -0.39 is 0 Å². The SMILES string of the molecule is [B]C(CC)CCC(C)Br. The Kier molecular flexibility index (Phi) is 5.66. The maximum atomic E-state index is 5.70. The fourth-order valence-electron chi connectivity index (χ4n) is 0.648. The zero-order valence-corrected chi connectivity index (χ0v) is 7.82. The molecule has 0 aromatic rings. The van der Waals surface area contributed by atoms with Gasteiger partial charge in [0.2, 0.25) is 0 Å². The zero-order valence-electron chi connectivity index (χ0n) is 6.23. The highest BCUT2D eigenvalue weighted by Gasteiger charge is 2.00. The van der Waals surface area contributed by atoms with E-state index in [0.717, 1.165) is 12.8 Å². The molecule has 0 rings (SSSR count). The van der Waals surface area contributed by atoms with Crippen molar-refractivity contribution < 1.29 is 0 Å². The van der Waals surface area contributed by atoms with E-state index in [-0.39, 0.29) is 0 Å². The molecular formula is C7H14BBr. The molecular weight excluding hydrogens is 175 g/mol. The average molecular weight is 189 g/mol. The maximum Gasteiger partial charge on any atom is 0.0699 e. The molecule has 2 atom stereocenters. The van der Waals surface area contributed by atoms with Crippen molar-refractivity contribution in [3.8, 4) is 0 Å². The van der Waals surface area contributed by atoms with Crippen molar-refractivity contribution in [2.45, 2.75) is 43.8 Å². The van der Waals surface area contributed by atoms with Gasteiger partial charge >= 0.3 is 0 Å². The highest BCUT2D eigenvalue weighted by molar-refractivity contribution is 9.09. The Morgan fingerprint density at radius 2 is 2.00 bits per heavy atom. The second-order valence-electron chi connectivity index (χ2n) is 2.53. The van der Waals surface area contributed by atoms with Crippen molar-refractivity contribution in [1.29, 1.82) is 0 Å². The predicted octanol–water partition coefficient (Wildman–Crippen LogP) is 2.92. The van der Waals surface area contributed by atoms with E-state index in [2.05, 4.69) is 29.8 Å². The fourth-order valence-corrected chi connectivity index (χ4v) is 0.912. The van der Waals surface area contributed by atoms with Gasteiger partial charge in [-0.25, -0.2) is 0 Å². The molecule has 0 heterocycles. The molecule has 0 aromatic heterocycles. The van der Waals surface area contributed by atoms with Crippen LogP contribution in [0.1, 0.15) is 33.1 Å². The average Bonchev–Trinajstić information content (AvgIpc) is 1.83. The largest absolute Gasteiger partial charge is 0.0894 e. The van der Waals surface area contributed by atoms with Crippen molar-refractivity contribution in [1.82, 2.24) is 0 Å². The quantitative estimate of drug-likeness (QED) is 0.471. The van der Waals surface area contributed by atoms with Crippen molar-refractivity contribution in [3.05, 3.63) is 0 Å². The summed E-state index contributed by atoms with van der Waals surface area (Å²) in [5.41, 5.74) is 0. The second kappa shape index (κ2) is 5.34. The van der Waals surface area contributed by atoms with Crippen LogP contribution in [0.25, 0.3) is 0 Å². The van der Waals surface area contributed by atoms with E-state index in [1.165, 1.54) is 6.42 Å². The van der Waals surface area contributed by atoms with Crippen molar-refractivity contribution in [3.63, 3.8) is 0 Å². The first-order valence-electron chi connectivity index (χ1n) is 3.56. The Morgan fingerprint density at radius 1 is 1.44 bits per heavy atom. The molecule has 0 aliphatic rings. The van der Waals surface area contributed by atoms with Gasteiger partial charge in [0.25, 0.3) is 0 Å². The molecule has 0 amide bonds. The minimum atomic E-state index is 0.407. The van der Waals surface area contributed by atoms with Crippen molar-refractivity contribution in [2.24, 2.45) is 0 Å². The lowest BCUT2D eigenvalue weighted by Crippen LogP contribution is -1.95. The van der Waals surface area contributed by atoms with Crippen LogP contribution < -0.4 is 0 Å². The first-order chi connectivity index (χ1) is 4.16. The molecule has 0 N–H and O–H groups in total. The van der Waals surface area contributed by atoms with Gasteiger partial charge in [-0.3, -0.25) is 0 Å². The molecule has 2 unspecified atom stereocenters. The van der Waals surface area contributed by atoms with Crippen LogP contribution >= 0.6 is 15.9 Å². The van der Waals surface area contributed by atoms with Gasteiger partial charge in [-0.15, -0.1) is 0 Å². The van der Waals surface area contributed by atoms with E-state index in [9.17, 15) is 0 Å². The van der Waals surface area contributed by atoms with Crippen LogP contribution in [-0.4, -0.2) is 12.7 Å². The molecule has 9 heavy (non-hydrogen) atoms. The topological polar surface area (TPSA) is 0 Å². The summed E-state index contributed by atoms with van der Waals surface area (Å²) >= 11 is 3.48. The van der Waals surface area contributed by atoms with Crippen LogP contribution in [0.15, 0.2) is 0 Å². The number of hydrogen-bond donors (Lipinski definition) is 0. The summed E-state index contributed by atoms with van der Waals surface area (Å²) in [5, 5.41) is 0. The van der Waals surface area contributed by atoms with E-state index in [1.54, 1.807) is 0 Å². The van der Waals surface area contributed by atoms with Gasteiger partial charge in [0, 0.05) is 4.83 Å². The van der Waals surface area contributed by atoms with Crippen LogP contribution in [0.4, 0.5) is 0 Å². The highest BCUT2D eigenvalue weighted by atomic mass is 79.9. The molecule has 0 saturated carbocycles. The normalized spacial score (nSPS) is 17.2. The molecule has 52 valence electrons. The van der Waals surface area contributed by atoms with Crippen LogP contribution in [0, 0.1) is 0 Å². The lowest BCUT2D eigenvalue weighted by atomic mass is 9.81. The van der Waals surface area contributed by atoms with Crippen molar-refractivity contribution >= 4 is 23.8 Å². The van der Waals surface area contributed by atoms with E-state index in [0.29, 0.717) is 10.6 Å². The maximum absolute atomic E-state index is 5.70. The van der Waals surface area contributed by atoms with Crippen molar-refractivity contribution in [2.75, 3.05) is 0 Å². The van der Waals surface area contributed by atoms with E-state index in [1.807, 2.05) is 0 Å². The molecule has 0 aliphatic heterocycles. The van der Waals surface area contributed by atoms with Gasteiger partial charge in [0.1, 0.15) is 0 Å². The smallest absolute Gasteiger partial charge is 0.0699 e. The Morgan fingerprint density at radius 3 is 2.33 bits per heavy atom. The summed E-state index contributed by atoms with van der Waals surface area (Å²) in [6.45, 7) is 4.28. The van der Waals surface area contributed by atoms with Crippen LogP contribution in [-0.2, 0) is 0 Å². The zero-order chi connectivity index (χ0) is 7.28. The summed E-state index contributed by atoms with van der Waals surface area (Å²) in [4.78, 5) is 0.620. The van der Waals surface area contributed by atoms with Crippen LogP contribution in [0.3, 0.4) is 0 Å². The molecule has 0 saturated heterocycles. The minimum absolute atomic E-state index is 0.407. The number of alkyl halides is 1. The molecule has 0 fully saturated rings. The van der Waals surface area contributed by atoms with E-state index >= 15 is 0 Å². The molecule has 0 bridgehead atoms. The van der Waals surface area contributed by atoms with E-state index in [4.69, 9.17) is 7.85 Å². The first-order valence-corrected chi connectivity index (χ1v) is 4.48. The molecule has 2 heteroatoms. The summed E-state index contributed by atoms with van der Waals surface area (Å²) in [6, 6.07) is 0. The Bertz CT molecular complexity index is 63.9. The molecule has 0 aromatic carbocycles. The number of hydrogen-bond acceptors (Lipinski definition) is 0. The number of halogens is 1. The van der Waals surface area contributed by atoms with Gasteiger partial charge in [-0.05, 0) is 6.42 Å². The monoisotopic (exact) mass is 188 g/mol. The Labute approximate surface area is 67.9 Å². The van der Waals surface area contributed by atoms with Gasteiger partial charge in [0.15, 0.2) is 0 Å². The molecule has 0 spiro atoms. The Balaban J connectivity index is 3.06. The summed E-state index contributed by atoms with van der Waals surface area (Å²) in [7, 11) is 5.70.